The van der Waals surface area contributed by atoms with Gasteiger partial charge in [-0.2, -0.15) is 4.98 Å². The van der Waals surface area contributed by atoms with Gasteiger partial charge < -0.3 is 20.3 Å². The molecule has 1 saturated heterocycles. The van der Waals surface area contributed by atoms with E-state index in [4.69, 9.17) is 4.74 Å². The predicted molar refractivity (Wildman–Crippen MR) is 155 cm³/mol. The topological polar surface area (TPSA) is 121 Å². The van der Waals surface area contributed by atoms with E-state index in [0.29, 0.717) is 19.1 Å². The van der Waals surface area contributed by atoms with Crippen LogP contribution >= 0.6 is 0 Å². The Kier molecular flexibility index (Phi) is 9.80. The van der Waals surface area contributed by atoms with Crippen molar-refractivity contribution in [2.75, 3.05) is 38.0 Å². The number of carbonyl (C=O) groups is 2. The van der Waals surface area contributed by atoms with Crippen molar-refractivity contribution in [3.05, 3.63) is 52.6 Å². The first kappa shape index (κ1) is 29.5. The van der Waals surface area contributed by atoms with Crippen LogP contribution in [0.25, 0.3) is 5.69 Å². The number of hydrogen-bond acceptors (Lipinski definition) is 7. The second kappa shape index (κ2) is 13.3. The van der Waals surface area contributed by atoms with Crippen LogP contribution in [0.1, 0.15) is 58.9 Å². The number of aromatic nitrogens is 2. The molecule has 11 heteroatoms. The number of carbonyl (C=O) groups excluding carboxylic acids is 2. The van der Waals surface area contributed by atoms with E-state index < -0.39 is 11.3 Å². The second-order valence-corrected chi connectivity index (χ2v) is 11.5. The summed E-state index contributed by atoms with van der Waals surface area (Å²) >= 11 is 0. The highest BCUT2D eigenvalue weighted by atomic mass is 16.6. The highest BCUT2D eigenvalue weighted by Gasteiger charge is 2.27. The van der Waals surface area contributed by atoms with Crippen LogP contribution in [-0.4, -0.2) is 81.9 Å². The van der Waals surface area contributed by atoms with Gasteiger partial charge in [-0.05, 0) is 76.8 Å². The molecule has 2 aliphatic rings. The molecule has 1 aliphatic carbocycles. The number of alkyl carbamates (subject to hydrolysis) is 1. The Morgan fingerprint density at radius 1 is 1.07 bits per heavy atom. The first-order valence-corrected chi connectivity index (χ1v) is 14.3. The molecule has 0 spiro atoms. The summed E-state index contributed by atoms with van der Waals surface area (Å²) in [7, 11) is 0. The molecule has 0 atom stereocenters. The molecule has 1 aliphatic heterocycles. The van der Waals surface area contributed by atoms with E-state index in [1.807, 2.05) is 45.0 Å². The minimum absolute atomic E-state index is 0.151. The first-order chi connectivity index (χ1) is 19.1. The first-order valence-electron chi connectivity index (χ1n) is 14.3. The van der Waals surface area contributed by atoms with Crippen LogP contribution in [0.2, 0.25) is 0 Å². The minimum atomic E-state index is -0.494. The molecule has 4 rings (SSSR count). The molecular formula is C29H43N7O4. The van der Waals surface area contributed by atoms with Crippen molar-refractivity contribution >= 4 is 17.9 Å². The summed E-state index contributed by atoms with van der Waals surface area (Å²) in [4.78, 5) is 45.5. The third-order valence-electron chi connectivity index (χ3n) is 7.38. The summed E-state index contributed by atoms with van der Waals surface area (Å²) in [6, 6.07) is 9.93. The lowest BCUT2D eigenvalue weighted by atomic mass is 9.90. The van der Waals surface area contributed by atoms with Gasteiger partial charge in [-0.1, -0.05) is 19.1 Å². The molecular weight excluding hydrogens is 510 g/mol. The highest BCUT2D eigenvalue weighted by molar-refractivity contribution is 5.88. The van der Waals surface area contributed by atoms with Gasteiger partial charge in [-0.3, -0.25) is 14.8 Å². The van der Waals surface area contributed by atoms with Gasteiger partial charge in [0, 0.05) is 51.0 Å². The Morgan fingerprint density at radius 2 is 1.75 bits per heavy atom. The van der Waals surface area contributed by atoms with Gasteiger partial charge in [-0.25, -0.2) is 14.4 Å². The Balaban J connectivity index is 1.30. The van der Waals surface area contributed by atoms with E-state index in [-0.39, 0.29) is 24.0 Å². The zero-order valence-corrected chi connectivity index (χ0v) is 24.1. The van der Waals surface area contributed by atoms with Gasteiger partial charge >= 0.3 is 17.8 Å². The van der Waals surface area contributed by atoms with Gasteiger partial charge in [0.2, 0.25) is 0 Å². The quantitative estimate of drug-likeness (QED) is 0.481. The molecule has 2 fully saturated rings. The van der Waals surface area contributed by atoms with E-state index >= 15 is 0 Å². The third-order valence-corrected chi connectivity index (χ3v) is 7.38. The summed E-state index contributed by atoms with van der Waals surface area (Å²) in [5.74, 6) is 0.246. The van der Waals surface area contributed by atoms with Crippen molar-refractivity contribution in [3.63, 3.8) is 0 Å². The SMILES string of the molecule is CCN(Cc1ccc(-n2ccc(NC(=O)N3CCNCC3)nc2=O)cc1)[C@H]1CC[C@H](NC(=O)OC(C)(C)C)CC1. The van der Waals surface area contributed by atoms with Gasteiger partial charge in [-0.15, -0.1) is 0 Å². The summed E-state index contributed by atoms with van der Waals surface area (Å²) < 4.78 is 6.87. The highest BCUT2D eigenvalue weighted by Crippen LogP contribution is 2.25. The molecule has 1 saturated carbocycles. The fraction of sp³-hybridized carbons (Fsp3) is 0.586. The van der Waals surface area contributed by atoms with E-state index in [1.165, 1.54) is 10.1 Å². The number of urea groups is 1. The van der Waals surface area contributed by atoms with Crippen LogP contribution in [-0.2, 0) is 11.3 Å². The molecule has 3 N–H and O–H groups in total. The largest absolute Gasteiger partial charge is 0.444 e. The van der Waals surface area contributed by atoms with Crippen molar-refractivity contribution in [2.45, 2.75) is 77.6 Å². The molecule has 2 heterocycles. The van der Waals surface area contributed by atoms with E-state index in [0.717, 1.165) is 57.5 Å². The van der Waals surface area contributed by atoms with E-state index in [9.17, 15) is 14.4 Å². The standard InChI is InChI=1S/C29H43N7O4/c1-5-34(23-12-8-22(9-13-23)31-28(39)40-29(2,3)4)20-21-6-10-24(11-7-21)36-17-14-25(33-27(36)38)32-26(37)35-18-15-30-16-19-35/h6-7,10-11,14,17,22-23,30H,5,8-9,12-13,15-16,18-20H2,1-4H3,(H,31,39)(H,32,33,37,38)/t22-,23-. The number of amides is 3. The van der Waals surface area contributed by atoms with Crippen LogP contribution in [0.5, 0.6) is 0 Å². The van der Waals surface area contributed by atoms with E-state index in [2.05, 4.69) is 32.8 Å². The zero-order valence-electron chi connectivity index (χ0n) is 24.1. The number of benzene rings is 1. The lowest BCUT2D eigenvalue weighted by Gasteiger charge is -2.36. The van der Waals surface area contributed by atoms with Crippen LogP contribution in [0.15, 0.2) is 41.3 Å². The van der Waals surface area contributed by atoms with Gasteiger partial charge in [0.25, 0.3) is 0 Å². The molecule has 3 amide bonds. The average molecular weight is 554 g/mol. The van der Waals surface area contributed by atoms with Crippen LogP contribution in [0.3, 0.4) is 0 Å². The van der Waals surface area contributed by atoms with Gasteiger partial charge in [0.15, 0.2) is 0 Å². The number of ether oxygens (including phenoxy) is 1. The Hall–Kier alpha value is -3.44. The Morgan fingerprint density at radius 3 is 2.35 bits per heavy atom. The van der Waals surface area contributed by atoms with Crippen LogP contribution in [0, 0.1) is 0 Å². The maximum Gasteiger partial charge on any atom is 0.407 e. The monoisotopic (exact) mass is 553 g/mol. The Bertz CT molecular complexity index is 1190. The van der Waals surface area contributed by atoms with Crippen LogP contribution < -0.4 is 21.6 Å². The number of nitrogens with one attached hydrogen (secondary N) is 3. The van der Waals surface area contributed by atoms with Crippen molar-refractivity contribution in [1.82, 2.24) is 30.0 Å². The molecule has 218 valence electrons. The molecule has 0 unspecified atom stereocenters. The lowest BCUT2D eigenvalue weighted by molar-refractivity contribution is 0.0476. The fourth-order valence-electron chi connectivity index (χ4n) is 5.28. The summed E-state index contributed by atoms with van der Waals surface area (Å²) in [5, 5.41) is 8.95. The minimum Gasteiger partial charge on any atom is -0.444 e. The van der Waals surface area contributed by atoms with Gasteiger partial charge in [0.1, 0.15) is 11.4 Å². The fourth-order valence-corrected chi connectivity index (χ4v) is 5.28. The number of nitrogens with zero attached hydrogens (tertiary/aromatic N) is 4. The molecule has 1 aromatic carbocycles. The Labute approximate surface area is 236 Å². The number of piperazine rings is 1. The second-order valence-electron chi connectivity index (χ2n) is 11.5. The van der Waals surface area contributed by atoms with Crippen LogP contribution in [0.4, 0.5) is 15.4 Å². The lowest BCUT2D eigenvalue weighted by Crippen LogP contribution is -2.48. The predicted octanol–water partition coefficient (Wildman–Crippen LogP) is 3.33. The average Bonchev–Trinajstić information content (AvgIpc) is 2.92. The molecule has 0 radical (unpaired) electrons. The van der Waals surface area contributed by atoms with Crippen molar-refractivity contribution < 1.29 is 14.3 Å². The maximum atomic E-state index is 12.7. The van der Waals surface area contributed by atoms with Crippen molar-refractivity contribution in [1.29, 1.82) is 0 Å². The summed E-state index contributed by atoms with van der Waals surface area (Å²) in [6.07, 6.45) is 5.20. The molecule has 1 aromatic heterocycles. The summed E-state index contributed by atoms with van der Waals surface area (Å²) in [5.41, 5.74) is 0.947. The number of rotatable bonds is 7. The van der Waals surface area contributed by atoms with E-state index in [1.54, 1.807) is 17.2 Å². The molecule has 0 bridgehead atoms. The summed E-state index contributed by atoms with van der Waals surface area (Å²) in [6.45, 7) is 12.3. The number of hydrogen-bond donors (Lipinski definition) is 3. The van der Waals surface area contributed by atoms with Crippen molar-refractivity contribution in [3.8, 4) is 5.69 Å². The molecule has 2 aromatic rings. The molecule has 40 heavy (non-hydrogen) atoms. The number of anilines is 1. The molecule has 11 nitrogen and oxygen atoms in total. The maximum absolute atomic E-state index is 12.7. The van der Waals surface area contributed by atoms with Crippen molar-refractivity contribution in [2.24, 2.45) is 0 Å². The smallest absolute Gasteiger partial charge is 0.407 e. The normalized spacial score (nSPS) is 19.8. The van der Waals surface area contributed by atoms with Gasteiger partial charge in [0.05, 0.1) is 5.69 Å². The zero-order chi connectivity index (χ0) is 28.7. The third kappa shape index (κ3) is 8.28.